The zero-order valence-electron chi connectivity index (χ0n) is 21.2. The number of hydrogen-bond acceptors (Lipinski definition) is 7. The maximum absolute atomic E-state index is 13.2. The molecule has 4 aromatic rings. The van der Waals surface area contributed by atoms with Crippen LogP contribution in [0.4, 0.5) is 5.82 Å². The molecule has 6 rings (SSSR count). The van der Waals surface area contributed by atoms with Gasteiger partial charge in [-0.05, 0) is 43.7 Å². The molecule has 1 amide bonds. The van der Waals surface area contributed by atoms with Crippen molar-refractivity contribution >= 4 is 22.8 Å². The lowest BCUT2D eigenvalue weighted by Gasteiger charge is -2.36. The number of amides is 1. The van der Waals surface area contributed by atoms with Crippen LogP contribution in [0.2, 0.25) is 0 Å². The first-order chi connectivity index (χ1) is 18.1. The van der Waals surface area contributed by atoms with Gasteiger partial charge < -0.3 is 19.3 Å². The van der Waals surface area contributed by atoms with Gasteiger partial charge in [-0.25, -0.2) is 14.6 Å². The highest BCUT2D eigenvalue weighted by atomic mass is 16.7. The van der Waals surface area contributed by atoms with E-state index in [9.17, 15) is 4.79 Å². The summed E-state index contributed by atoms with van der Waals surface area (Å²) >= 11 is 0. The summed E-state index contributed by atoms with van der Waals surface area (Å²) in [4.78, 5) is 27.4. The lowest BCUT2D eigenvalue weighted by Crippen LogP contribution is -2.49. The first-order valence-corrected chi connectivity index (χ1v) is 12.9. The topological polar surface area (TPSA) is 85.6 Å². The predicted molar refractivity (Wildman–Crippen MR) is 141 cm³/mol. The predicted octanol–water partition coefficient (Wildman–Crippen LogP) is 4.16. The summed E-state index contributed by atoms with van der Waals surface area (Å²) in [7, 11) is 0. The van der Waals surface area contributed by atoms with Crippen molar-refractivity contribution in [2.24, 2.45) is 0 Å². The summed E-state index contributed by atoms with van der Waals surface area (Å²) in [6.07, 6.45) is 2.93. The maximum atomic E-state index is 13.2. The molecule has 2 aromatic carbocycles. The van der Waals surface area contributed by atoms with E-state index in [1.165, 1.54) is 0 Å². The van der Waals surface area contributed by atoms with Crippen LogP contribution < -0.4 is 14.4 Å². The van der Waals surface area contributed by atoms with Crippen molar-refractivity contribution in [2.45, 2.75) is 33.1 Å². The fourth-order valence-corrected chi connectivity index (χ4v) is 4.96. The first-order valence-electron chi connectivity index (χ1n) is 12.9. The Balaban J connectivity index is 1.29. The molecule has 190 valence electrons. The van der Waals surface area contributed by atoms with Crippen molar-refractivity contribution in [1.82, 2.24) is 24.6 Å². The molecule has 2 aliphatic heterocycles. The third kappa shape index (κ3) is 4.34. The lowest BCUT2D eigenvalue weighted by molar-refractivity contribution is 0.0746. The van der Waals surface area contributed by atoms with Crippen LogP contribution in [0.1, 0.15) is 41.6 Å². The first kappa shape index (κ1) is 23.3. The van der Waals surface area contributed by atoms with Crippen LogP contribution in [0.3, 0.4) is 0 Å². The van der Waals surface area contributed by atoms with E-state index in [-0.39, 0.29) is 12.7 Å². The Hall–Kier alpha value is -4.14. The molecule has 0 N–H and O–H groups in total. The van der Waals surface area contributed by atoms with Gasteiger partial charge in [0.15, 0.2) is 17.1 Å². The van der Waals surface area contributed by atoms with Crippen molar-refractivity contribution < 1.29 is 14.3 Å². The van der Waals surface area contributed by atoms with Crippen LogP contribution in [0.5, 0.6) is 11.5 Å². The molecular formula is C28H30N6O3. The minimum absolute atomic E-state index is 0.00231. The largest absolute Gasteiger partial charge is 0.454 e. The van der Waals surface area contributed by atoms with Gasteiger partial charge in [-0.2, -0.15) is 5.10 Å². The number of aryl methyl sites for hydroxylation is 2. The van der Waals surface area contributed by atoms with E-state index in [1.807, 2.05) is 46.8 Å². The zero-order valence-corrected chi connectivity index (χ0v) is 21.2. The molecule has 1 saturated heterocycles. The fourth-order valence-electron chi connectivity index (χ4n) is 4.96. The SMILES string of the molecule is CCCCc1nc(N2CCN(C(=O)c3ccc4c(c3)OCO4)CC2)c2c(C)nn(-c3ccccc3)c2n1. The molecule has 37 heavy (non-hydrogen) atoms. The minimum atomic E-state index is 0.00231. The third-order valence-corrected chi connectivity index (χ3v) is 6.97. The Labute approximate surface area is 215 Å². The number of benzene rings is 2. The molecule has 4 heterocycles. The van der Waals surface area contributed by atoms with Gasteiger partial charge in [0.1, 0.15) is 11.6 Å². The highest BCUT2D eigenvalue weighted by Gasteiger charge is 2.27. The monoisotopic (exact) mass is 498 g/mol. The van der Waals surface area contributed by atoms with Crippen molar-refractivity contribution in [3.05, 3.63) is 65.6 Å². The molecule has 2 aromatic heterocycles. The molecule has 9 heteroatoms. The molecule has 1 fully saturated rings. The van der Waals surface area contributed by atoms with Crippen LogP contribution in [0, 0.1) is 6.92 Å². The molecule has 0 unspecified atom stereocenters. The van der Waals surface area contributed by atoms with Crippen LogP contribution in [-0.4, -0.2) is 63.5 Å². The van der Waals surface area contributed by atoms with Gasteiger partial charge in [-0.3, -0.25) is 4.79 Å². The molecule has 0 saturated carbocycles. The van der Waals surface area contributed by atoms with Crippen molar-refractivity contribution in [3.63, 3.8) is 0 Å². The zero-order chi connectivity index (χ0) is 25.4. The van der Waals surface area contributed by atoms with Crippen LogP contribution in [-0.2, 0) is 6.42 Å². The Bertz CT molecular complexity index is 1440. The van der Waals surface area contributed by atoms with E-state index in [0.29, 0.717) is 43.2 Å². The molecule has 0 bridgehead atoms. The number of fused-ring (bicyclic) bond motifs is 2. The summed E-state index contributed by atoms with van der Waals surface area (Å²) in [5.74, 6) is 3.05. The van der Waals surface area contributed by atoms with E-state index in [1.54, 1.807) is 18.2 Å². The van der Waals surface area contributed by atoms with Gasteiger partial charge in [-0.1, -0.05) is 31.5 Å². The Morgan fingerprint density at radius 1 is 0.973 bits per heavy atom. The number of rotatable bonds is 6. The highest BCUT2D eigenvalue weighted by Crippen LogP contribution is 2.33. The van der Waals surface area contributed by atoms with Crippen molar-refractivity contribution in [3.8, 4) is 17.2 Å². The molecule has 0 radical (unpaired) electrons. The van der Waals surface area contributed by atoms with Crippen LogP contribution >= 0.6 is 0 Å². The van der Waals surface area contributed by atoms with E-state index in [0.717, 1.165) is 53.3 Å². The van der Waals surface area contributed by atoms with E-state index >= 15 is 0 Å². The standard InChI is InChI=1S/C28H30N6O3/c1-3-4-10-24-29-26(25-19(2)31-34(27(25)30-24)21-8-6-5-7-9-21)32-13-15-33(16-14-32)28(35)20-11-12-22-23(17-20)37-18-36-22/h5-9,11-12,17H,3-4,10,13-16,18H2,1-2H3. The second-order valence-electron chi connectivity index (χ2n) is 9.45. The minimum Gasteiger partial charge on any atom is -0.454 e. The normalized spacial score (nSPS) is 15.0. The molecule has 9 nitrogen and oxygen atoms in total. The van der Waals surface area contributed by atoms with Crippen LogP contribution in [0.15, 0.2) is 48.5 Å². The maximum Gasteiger partial charge on any atom is 0.254 e. The van der Waals surface area contributed by atoms with Gasteiger partial charge in [0, 0.05) is 38.2 Å². The molecule has 0 spiro atoms. The summed E-state index contributed by atoms with van der Waals surface area (Å²) in [6, 6.07) is 15.5. The second-order valence-corrected chi connectivity index (χ2v) is 9.45. The molecule has 0 atom stereocenters. The molecule has 0 aliphatic carbocycles. The van der Waals surface area contributed by atoms with E-state index in [4.69, 9.17) is 24.5 Å². The number of unbranched alkanes of at least 4 members (excludes halogenated alkanes) is 1. The second kappa shape index (κ2) is 9.72. The van der Waals surface area contributed by atoms with Crippen molar-refractivity contribution in [2.75, 3.05) is 37.9 Å². The van der Waals surface area contributed by atoms with Gasteiger partial charge in [-0.15, -0.1) is 0 Å². The van der Waals surface area contributed by atoms with Crippen molar-refractivity contribution in [1.29, 1.82) is 0 Å². The number of nitrogens with zero attached hydrogens (tertiary/aromatic N) is 6. The third-order valence-electron chi connectivity index (χ3n) is 6.97. The number of anilines is 1. The number of piperazine rings is 1. The Kier molecular flexibility index (Phi) is 6.12. The Morgan fingerprint density at radius 3 is 2.54 bits per heavy atom. The lowest BCUT2D eigenvalue weighted by atomic mass is 10.1. The highest BCUT2D eigenvalue weighted by molar-refractivity contribution is 5.95. The average Bonchev–Trinajstić information content (AvgIpc) is 3.55. The van der Waals surface area contributed by atoms with E-state index < -0.39 is 0 Å². The number of carbonyl (C=O) groups excluding carboxylic acids is 1. The average molecular weight is 499 g/mol. The summed E-state index contributed by atoms with van der Waals surface area (Å²) in [5.41, 5.74) is 3.32. The number of para-hydroxylation sites is 1. The number of hydrogen-bond donors (Lipinski definition) is 0. The fraction of sp³-hybridized carbons (Fsp3) is 0.357. The number of carbonyl (C=O) groups is 1. The smallest absolute Gasteiger partial charge is 0.254 e. The molecular weight excluding hydrogens is 468 g/mol. The molecule has 2 aliphatic rings. The van der Waals surface area contributed by atoms with Gasteiger partial charge >= 0.3 is 0 Å². The summed E-state index contributed by atoms with van der Waals surface area (Å²) in [5, 5.41) is 5.82. The van der Waals surface area contributed by atoms with Gasteiger partial charge in [0.25, 0.3) is 5.91 Å². The van der Waals surface area contributed by atoms with Crippen LogP contribution in [0.25, 0.3) is 16.7 Å². The number of ether oxygens (including phenoxy) is 2. The van der Waals surface area contributed by atoms with E-state index in [2.05, 4.69) is 11.8 Å². The summed E-state index contributed by atoms with van der Waals surface area (Å²) in [6.45, 7) is 6.97. The van der Waals surface area contributed by atoms with Gasteiger partial charge in [0.05, 0.1) is 16.8 Å². The Morgan fingerprint density at radius 2 is 1.76 bits per heavy atom. The van der Waals surface area contributed by atoms with Gasteiger partial charge in [0.2, 0.25) is 6.79 Å². The number of aromatic nitrogens is 4. The summed E-state index contributed by atoms with van der Waals surface area (Å²) < 4.78 is 12.8. The quantitative estimate of drug-likeness (QED) is 0.395.